The van der Waals surface area contributed by atoms with Crippen molar-refractivity contribution in [3.63, 3.8) is 0 Å². The van der Waals surface area contributed by atoms with E-state index >= 15 is 0 Å². The lowest BCUT2D eigenvalue weighted by Gasteiger charge is -2.26. The zero-order valence-corrected chi connectivity index (χ0v) is 16.0. The van der Waals surface area contributed by atoms with Gasteiger partial charge in [-0.25, -0.2) is 4.79 Å². The molecule has 0 aliphatic carbocycles. The van der Waals surface area contributed by atoms with Crippen molar-refractivity contribution < 1.29 is 9.47 Å². The predicted octanol–water partition coefficient (Wildman–Crippen LogP) is -0.960. The molecule has 29 heavy (non-hydrogen) atoms. The van der Waals surface area contributed by atoms with Crippen LogP contribution < -0.4 is 16.0 Å². The monoisotopic (exact) mass is 399 g/mol. The molecular weight excluding hydrogens is 378 g/mol. The van der Waals surface area contributed by atoms with Gasteiger partial charge in [-0.1, -0.05) is 11.2 Å². The van der Waals surface area contributed by atoms with E-state index in [0.717, 1.165) is 23.2 Å². The van der Waals surface area contributed by atoms with Gasteiger partial charge in [0.1, 0.15) is 6.61 Å². The average molecular weight is 399 g/mol. The van der Waals surface area contributed by atoms with Gasteiger partial charge in [0, 0.05) is 39.1 Å². The Hall–Kier alpha value is -3.18. The summed E-state index contributed by atoms with van der Waals surface area (Å²) >= 11 is 0. The van der Waals surface area contributed by atoms with E-state index in [1.807, 2.05) is 6.07 Å². The molecule has 4 heterocycles. The third kappa shape index (κ3) is 4.15. The van der Waals surface area contributed by atoms with Crippen LogP contribution in [-0.2, 0) is 18.3 Å². The number of pyridine rings is 1. The van der Waals surface area contributed by atoms with E-state index in [0.29, 0.717) is 26.4 Å². The molecule has 3 aromatic heterocycles. The second-order valence-corrected chi connectivity index (χ2v) is 6.66. The molecule has 1 aliphatic heterocycles. The SMILES string of the molecule is Cn1c(=O)c2nc(OCCN3CCOCC3)nnc2n(Cc2cccnc2)c1=O. The third-order valence-electron chi connectivity index (χ3n) is 4.74. The van der Waals surface area contributed by atoms with Crippen molar-refractivity contribution in [1.29, 1.82) is 0 Å². The Bertz CT molecular complexity index is 1110. The largest absolute Gasteiger partial charge is 0.461 e. The van der Waals surface area contributed by atoms with E-state index in [4.69, 9.17) is 9.47 Å². The van der Waals surface area contributed by atoms with E-state index in [-0.39, 0.29) is 23.7 Å². The van der Waals surface area contributed by atoms with Crippen LogP contribution in [-0.4, -0.2) is 73.7 Å². The Labute approximate surface area is 165 Å². The number of rotatable bonds is 6. The van der Waals surface area contributed by atoms with Crippen molar-refractivity contribution in [1.82, 2.24) is 34.2 Å². The van der Waals surface area contributed by atoms with Crippen LogP contribution in [0.2, 0.25) is 0 Å². The van der Waals surface area contributed by atoms with Gasteiger partial charge in [0.2, 0.25) is 0 Å². The number of aromatic nitrogens is 6. The number of nitrogens with zero attached hydrogens (tertiary/aromatic N) is 7. The number of fused-ring (bicyclic) bond motifs is 1. The molecule has 0 amide bonds. The van der Waals surface area contributed by atoms with Crippen LogP contribution in [0.25, 0.3) is 11.2 Å². The minimum Gasteiger partial charge on any atom is -0.461 e. The molecule has 0 radical (unpaired) electrons. The summed E-state index contributed by atoms with van der Waals surface area (Å²) in [5, 5.41) is 8.02. The average Bonchev–Trinajstić information content (AvgIpc) is 2.77. The number of ether oxygens (including phenoxy) is 2. The first-order valence-corrected chi connectivity index (χ1v) is 9.29. The van der Waals surface area contributed by atoms with Gasteiger partial charge in [-0.3, -0.25) is 23.8 Å². The fourth-order valence-electron chi connectivity index (χ4n) is 3.12. The van der Waals surface area contributed by atoms with Gasteiger partial charge in [-0.15, -0.1) is 5.10 Å². The van der Waals surface area contributed by atoms with Crippen molar-refractivity contribution in [2.45, 2.75) is 6.54 Å². The van der Waals surface area contributed by atoms with Gasteiger partial charge in [0.15, 0.2) is 11.2 Å². The van der Waals surface area contributed by atoms with E-state index < -0.39 is 11.2 Å². The van der Waals surface area contributed by atoms with Crippen molar-refractivity contribution in [2.24, 2.45) is 7.05 Å². The van der Waals surface area contributed by atoms with Crippen molar-refractivity contribution >= 4 is 11.2 Å². The molecular formula is C18H21N7O4. The number of morpholine rings is 1. The molecule has 0 bridgehead atoms. The molecule has 1 fully saturated rings. The highest BCUT2D eigenvalue weighted by molar-refractivity contribution is 5.68. The number of hydrogen-bond donors (Lipinski definition) is 0. The maximum atomic E-state index is 12.6. The Kier molecular flexibility index (Phi) is 5.58. The zero-order valence-electron chi connectivity index (χ0n) is 16.0. The summed E-state index contributed by atoms with van der Waals surface area (Å²) in [6.45, 7) is 4.37. The fraction of sp³-hybridized carbons (Fsp3) is 0.444. The minimum atomic E-state index is -0.541. The first-order valence-electron chi connectivity index (χ1n) is 9.29. The van der Waals surface area contributed by atoms with Crippen LogP contribution in [0.5, 0.6) is 6.01 Å². The maximum Gasteiger partial charge on any atom is 0.336 e. The van der Waals surface area contributed by atoms with Gasteiger partial charge < -0.3 is 9.47 Å². The van der Waals surface area contributed by atoms with Crippen molar-refractivity contribution in [2.75, 3.05) is 39.5 Å². The highest BCUT2D eigenvalue weighted by Gasteiger charge is 2.16. The maximum absolute atomic E-state index is 12.6. The van der Waals surface area contributed by atoms with Crippen molar-refractivity contribution in [3.05, 3.63) is 50.9 Å². The van der Waals surface area contributed by atoms with E-state index in [1.165, 1.54) is 11.6 Å². The van der Waals surface area contributed by atoms with Gasteiger partial charge in [-0.05, 0) is 11.6 Å². The molecule has 1 aliphatic rings. The lowest BCUT2D eigenvalue weighted by atomic mass is 10.3. The normalized spacial score (nSPS) is 14.9. The van der Waals surface area contributed by atoms with Crippen LogP contribution in [0.1, 0.15) is 5.56 Å². The second-order valence-electron chi connectivity index (χ2n) is 6.66. The van der Waals surface area contributed by atoms with Gasteiger partial charge in [0.05, 0.1) is 19.8 Å². The number of hydrogen-bond acceptors (Lipinski definition) is 9. The quantitative estimate of drug-likeness (QED) is 0.516. The highest BCUT2D eigenvalue weighted by Crippen LogP contribution is 2.08. The molecule has 0 N–H and O–H groups in total. The molecule has 3 aromatic rings. The smallest absolute Gasteiger partial charge is 0.336 e. The van der Waals surface area contributed by atoms with Crippen LogP contribution in [0, 0.1) is 0 Å². The van der Waals surface area contributed by atoms with Crippen LogP contribution >= 0.6 is 0 Å². The van der Waals surface area contributed by atoms with Gasteiger partial charge >= 0.3 is 11.7 Å². The summed E-state index contributed by atoms with van der Waals surface area (Å²) in [7, 11) is 1.41. The molecule has 0 unspecified atom stereocenters. The topological polar surface area (TPSA) is 117 Å². The minimum absolute atomic E-state index is 0.00874. The van der Waals surface area contributed by atoms with Gasteiger partial charge in [-0.2, -0.15) is 4.98 Å². The lowest BCUT2D eigenvalue weighted by molar-refractivity contribution is 0.0316. The highest BCUT2D eigenvalue weighted by atomic mass is 16.5. The molecule has 1 saturated heterocycles. The summed E-state index contributed by atoms with van der Waals surface area (Å²) in [6, 6.07) is 3.62. The molecule has 152 valence electrons. The molecule has 0 spiro atoms. The van der Waals surface area contributed by atoms with E-state index in [9.17, 15) is 9.59 Å². The second kappa shape index (κ2) is 8.45. The molecule has 4 rings (SSSR count). The summed E-state index contributed by atoms with van der Waals surface area (Å²) in [4.78, 5) is 35.6. The predicted molar refractivity (Wildman–Crippen MR) is 103 cm³/mol. The molecule has 0 aromatic carbocycles. The Morgan fingerprint density at radius 2 is 2.03 bits per heavy atom. The lowest BCUT2D eigenvalue weighted by Crippen LogP contribution is -2.39. The summed E-state index contributed by atoms with van der Waals surface area (Å²) in [6.07, 6.45) is 3.29. The summed E-state index contributed by atoms with van der Waals surface area (Å²) in [5.41, 5.74) is -0.0964. The molecule has 0 saturated carbocycles. The van der Waals surface area contributed by atoms with E-state index in [1.54, 1.807) is 18.5 Å². The molecule has 11 nitrogen and oxygen atoms in total. The summed E-state index contributed by atoms with van der Waals surface area (Å²) < 4.78 is 13.3. The van der Waals surface area contributed by atoms with Gasteiger partial charge in [0.25, 0.3) is 5.56 Å². The fourth-order valence-corrected chi connectivity index (χ4v) is 3.12. The Balaban J connectivity index is 1.60. The first-order chi connectivity index (χ1) is 14.1. The standard InChI is InChI=1S/C18H21N7O4/c1-23-16(26)14-15(25(18(23)27)12-13-3-2-4-19-11-13)21-22-17(20-14)29-10-7-24-5-8-28-9-6-24/h2-4,11H,5-10,12H2,1H3. The zero-order chi connectivity index (χ0) is 20.2. The van der Waals surface area contributed by atoms with E-state index in [2.05, 4.69) is 25.1 Å². The van der Waals surface area contributed by atoms with Crippen LogP contribution in [0.15, 0.2) is 34.1 Å². The van der Waals surface area contributed by atoms with Crippen LogP contribution in [0.3, 0.4) is 0 Å². The third-order valence-corrected chi connectivity index (χ3v) is 4.74. The summed E-state index contributed by atoms with van der Waals surface area (Å²) in [5.74, 6) is 0. The Morgan fingerprint density at radius 1 is 1.21 bits per heavy atom. The molecule has 11 heteroatoms. The Morgan fingerprint density at radius 3 is 2.79 bits per heavy atom. The molecule has 0 atom stereocenters. The van der Waals surface area contributed by atoms with Crippen molar-refractivity contribution in [3.8, 4) is 6.01 Å². The first kappa shape index (κ1) is 19.2. The van der Waals surface area contributed by atoms with Crippen LogP contribution in [0.4, 0.5) is 0 Å².